The highest BCUT2D eigenvalue weighted by atomic mass is 16.2. The average molecular weight is 316 g/mol. The van der Waals surface area contributed by atoms with Crippen LogP contribution in [0.4, 0.5) is 0 Å². The second kappa shape index (κ2) is 7.62. The van der Waals surface area contributed by atoms with Crippen molar-refractivity contribution < 1.29 is 9.59 Å². The van der Waals surface area contributed by atoms with Crippen molar-refractivity contribution in [3.8, 4) is 0 Å². The summed E-state index contributed by atoms with van der Waals surface area (Å²) in [6.07, 6.45) is 6.44. The number of carbonyl (C=O) groups excluding carboxylic acids is 2. The van der Waals surface area contributed by atoms with Crippen molar-refractivity contribution in [2.75, 3.05) is 6.54 Å². The van der Waals surface area contributed by atoms with Crippen LogP contribution in [0.1, 0.15) is 74.7 Å². The van der Waals surface area contributed by atoms with Crippen LogP contribution in [0.25, 0.3) is 0 Å². The van der Waals surface area contributed by atoms with Gasteiger partial charge in [-0.3, -0.25) is 9.59 Å². The van der Waals surface area contributed by atoms with E-state index in [9.17, 15) is 9.59 Å². The second-order valence-corrected chi connectivity index (χ2v) is 7.44. The molecule has 126 valence electrons. The lowest BCUT2D eigenvalue weighted by molar-refractivity contribution is -0.121. The molecular formula is C19H28N2O2. The molecule has 1 aliphatic rings. The number of benzene rings is 1. The number of rotatable bonds is 4. The first kappa shape index (κ1) is 17.5. The summed E-state index contributed by atoms with van der Waals surface area (Å²) >= 11 is 0. The highest BCUT2D eigenvalue weighted by Gasteiger charge is 2.17. The van der Waals surface area contributed by atoms with E-state index in [-0.39, 0.29) is 23.9 Å². The topological polar surface area (TPSA) is 58.2 Å². The zero-order valence-corrected chi connectivity index (χ0v) is 14.4. The quantitative estimate of drug-likeness (QED) is 0.894. The maximum atomic E-state index is 12.1. The Bertz CT molecular complexity index is 537. The largest absolute Gasteiger partial charge is 0.350 e. The normalized spacial score (nSPS) is 16.0. The molecule has 0 atom stereocenters. The molecule has 0 bridgehead atoms. The first-order valence-corrected chi connectivity index (χ1v) is 8.54. The first-order chi connectivity index (χ1) is 10.8. The van der Waals surface area contributed by atoms with Crippen LogP contribution in [0.5, 0.6) is 0 Å². The van der Waals surface area contributed by atoms with E-state index in [0.717, 1.165) is 0 Å². The van der Waals surface area contributed by atoms with Crippen LogP contribution in [0.3, 0.4) is 0 Å². The number of nitrogens with one attached hydrogen (secondary N) is 2. The standard InChI is InChI=1S/C19H28N2O2/c1-19(2,3)21-17(22)13-20-18(23)16-11-9-15(10-12-16)14-7-5-4-6-8-14/h9-12,14H,4-8,13H2,1-3H3,(H,20,23)(H,21,22). The van der Waals surface area contributed by atoms with Crippen molar-refractivity contribution >= 4 is 11.8 Å². The SMILES string of the molecule is CC(C)(C)NC(=O)CNC(=O)c1ccc(C2CCCCC2)cc1. The van der Waals surface area contributed by atoms with E-state index in [1.165, 1.54) is 37.7 Å². The van der Waals surface area contributed by atoms with Gasteiger partial charge in [0.25, 0.3) is 5.91 Å². The molecule has 1 aliphatic carbocycles. The molecule has 0 saturated heterocycles. The zero-order chi connectivity index (χ0) is 16.9. The Morgan fingerprint density at radius 3 is 2.22 bits per heavy atom. The minimum absolute atomic E-state index is 0.000476. The molecule has 0 aliphatic heterocycles. The van der Waals surface area contributed by atoms with Crippen molar-refractivity contribution in [3.05, 3.63) is 35.4 Å². The predicted octanol–water partition coefficient (Wildman–Crippen LogP) is 3.38. The summed E-state index contributed by atoms with van der Waals surface area (Å²) < 4.78 is 0. The Morgan fingerprint density at radius 1 is 1.04 bits per heavy atom. The number of carbonyl (C=O) groups is 2. The molecule has 1 saturated carbocycles. The van der Waals surface area contributed by atoms with E-state index in [2.05, 4.69) is 22.8 Å². The van der Waals surface area contributed by atoms with E-state index >= 15 is 0 Å². The molecule has 0 unspecified atom stereocenters. The summed E-state index contributed by atoms with van der Waals surface area (Å²) in [5.41, 5.74) is 1.64. The van der Waals surface area contributed by atoms with E-state index < -0.39 is 0 Å². The Morgan fingerprint density at radius 2 is 1.65 bits per heavy atom. The Hall–Kier alpha value is -1.84. The predicted molar refractivity (Wildman–Crippen MR) is 92.5 cm³/mol. The monoisotopic (exact) mass is 316 g/mol. The Balaban J connectivity index is 1.86. The number of hydrogen-bond acceptors (Lipinski definition) is 2. The van der Waals surface area contributed by atoms with Gasteiger partial charge >= 0.3 is 0 Å². The highest BCUT2D eigenvalue weighted by molar-refractivity contribution is 5.96. The zero-order valence-electron chi connectivity index (χ0n) is 14.4. The maximum absolute atomic E-state index is 12.1. The lowest BCUT2D eigenvalue weighted by Crippen LogP contribution is -2.45. The van der Waals surface area contributed by atoms with E-state index in [0.29, 0.717) is 11.5 Å². The van der Waals surface area contributed by atoms with Gasteiger partial charge in [-0.05, 0) is 57.2 Å². The fourth-order valence-electron chi connectivity index (χ4n) is 3.07. The van der Waals surface area contributed by atoms with Crippen LogP contribution in [0.2, 0.25) is 0 Å². The third-order valence-corrected chi connectivity index (χ3v) is 4.17. The van der Waals surface area contributed by atoms with Crippen molar-refractivity contribution in [3.63, 3.8) is 0 Å². The molecule has 1 aromatic rings. The molecule has 23 heavy (non-hydrogen) atoms. The third kappa shape index (κ3) is 5.70. The maximum Gasteiger partial charge on any atom is 0.251 e. The minimum atomic E-state index is -0.288. The molecule has 4 nitrogen and oxygen atoms in total. The summed E-state index contributed by atoms with van der Waals surface area (Å²) in [5, 5.41) is 5.49. The minimum Gasteiger partial charge on any atom is -0.350 e. The van der Waals surface area contributed by atoms with Crippen LogP contribution in [0, 0.1) is 0 Å². The van der Waals surface area contributed by atoms with Gasteiger partial charge in [0.05, 0.1) is 6.54 Å². The van der Waals surface area contributed by atoms with Gasteiger partial charge in [0, 0.05) is 11.1 Å². The summed E-state index contributed by atoms with van der Waals surface area (Å²) in [6.45, 7) is 5.74. The van der Waals surface area contributed by atoms with Gasteiger partial charge in [0.1, 0.15) is 0 Å². The summed E-state index contributed by atoms with van der Waals surface area (Å²) in [7, 11) is 0. The van der Waals surface area contributed by atoms with Crippen molar-refractivity contribution in [2.24, 2.45) is 0 Å². The van der Waals surface area contributed by atoms with Gasteiger partial charge < -0.3 is 10.6 Å². The number of hydrogen-bond donors (Lipinski definition) is 2. The van der Waals surface area contributed by atoms with Crippen LogP contribution in [-0.2, 0) is 4.79 Å². The molecule has 0 spiro atoms. The van der Waals surface area contributed by atoms with Crippen molar-refractivity contribution in [1.82, 2.24) is 10.6 Å². The molecule has 0 aromatic heterocycles. The van der Waals surface area contributed by atoms with Crippen molar-refractivity contribution in [1.29, 1.82) is 0 Å². The fraction of sp³-hybridized carbons (Fsp3) is 0.579. The Kier molecular flexibility index (Phi) is 5.80. The van der Waals surface area contributed by atoms with Gasteiger partial charge in [-0.15, -0.1) is 0 Å². The lowest BCUT2D eigenvalue weighted by atomic mass is 9.84. The smallest absolute Gasteiger partial charge is 0.251 e. The van der Waals surface area contributed by atoms with Crippen LogP contribution in [-0.4, -0.2) is 23.9 Å². The lowest BCUT2D eigenvalue weighted by Gasteiger charge is -2.22. The summed E-state index contributed by atoms with van der Waals surface area (Å²) in [6, 6.07) is 7.84. The summed E-state index contributed by atoms with van der Waals surface area (Å²) in [5.74, 6) is 0.257. The molecular weight excluding hydrogens is 288 g/mol. The molecule has 0 heterocycles. The highest BCUT2D eigenvalue weighted by Crippen LogP contribution is 2.32. The van der Waals surface area contributed by atoms with Gasteiger partial charge in [-0.1, -0.05) is 31.4 Å². The molecule has 4 heteroatoms. The Labute approximate surface area is 139 Å². The molecule has 0 radical (unpaired) electrons. The van der Waals surface area contributed by atoms with Crippen molar-refractivity contribution in [2.45, 2.75) is 64.3 Å². The third-order valence-electron chi connectivity index (χ3n) is 4.17. The molecule has 2 amide bonds. The average Bonchev–Trinajstić information content (AvgIpc) is 2.52. The van der Waals surface area contributed by atoms with Gasteiger partial charge in [-0.25, -0.2) is 0 Å². The van der Waals surface area contributed by atoms with Gasteiger partial charge in [0.2, 0.25) is 5.91 Å². The van der Waals surface area contributed by atoms with E-state index in [4.69, 9.17) is 0 Å². The summed E-state index contributed by atoms with van der Waals surface area (Å²) in [4.78, 5) is 23.8. The molecule has 2 rings (SSSR count). The van der Waals surface area contributed by atoms with E-state index in [1.807, 2.05) is 32.9 Å². The molecule has 1 fully saturated rings. The number of amides is 2. The first-order valence-electron chi connectivity index (χ1n) is 8.54. The second-order valence-electron chi connectivity index (χ2n) is 7.44. The molecule has 2 N–H and O–H groups in total. The van der Waals surface area contributed by atoms with Crippen LogP contribution < -0.4 is 10.6 Å². The van der Waals surface area contributed by atoms with Gasteiger partial charge in [0.15, 0.2) is 0 Å². The molecule has 1 aromatic carbocycles. The van der Waals surface area contributed by atoms with Crippen LogP contribution in [0.15, 0.2) is 24.3 Å². The van der Waals surface area contributed by atoms with E-state index in [1.54, 1.807) is 0 Å². The fourth-order valence-corrected chi connectivity index (χ4v) is 3.07. The van der Waals surface area contributed by atoms with Gasteiger partial charge in [-0.2, -0.15) is 0 Å². The van der Waals surface area contributed by atoms with Crippen LogP contribution >= 0.6 is 0 Å².